The number of furan rings is 1. The van der Waals surface area contributed by atoms with Gasteiger partial charge in [0.15, 0.2) is 0 Å². The topological polar surface area (TPSA) is 62.7 Å². The van der Waals surface area contributed by atoms with Crippen LogP contribution >= 0.6 is 0 Å². The Hall–Kier alpha value is -4.88. The van der Waals surface area contributed by atoms with Gasteiger partial charge in [-0.15, -0.1) is 54.1 Å². The molecule has 0 unspecified atom stereocenters. The van der Waals surface area contributed by atoms with Gasteiger partial charge in [0, 0.05) is 50.2 Å². The number of para-hydroxylation sites is 1. The Labute approximate surface area is 310 Å². The van der Waals surface area contributed by atoms with Gasteiger partial charge in [-0.1, -0.05) is 80.2 Å². The molecule has 0 amide bonds. The molecule has 48 heavy (non-hydrogen) atoms. The van der Waals surface area contributed by atoms with Gasteiger partial charge in [-0.2, -0.15) is 5.26 Å². The third-order valence-electron chi connectivity index (χ3n) is 7.49. The molecule has 0 saturated heterocycles. The van der Waals surface area contributed by atoms with Crippen molar-refractivity contribution in [2.24, 2.45) is 5.41 Å². The molecule has 0 bridgehead atoms. The third kappa shape index (κ3) is 7.47. The minimum absolute atomic E-state index is 0. The normalized spacial score (nSPS) is 14.9. The summed E-state index contributed by atoms with van der Waals surface area (Å²) in [6.45, 7) is -1.25. The van der Waals surface area contributed by atoms with Crippen LogP contribution in [0.15, 0.2) is 108 Å². The van der Waals surface area contributed by atoms with Crippen LogP contribution in [0.1, 0.15) is 62.3 Å². The fourth-order valence-corrected chi connectivity index (χ4v) is 5.43. The van der Waals surface area contributed by atoms with Crippen LogP contribution in [0.25, 0.3) is 55.6 Å². The molecule has 7 aromatic rings. The molecule has 4 nitrogen and oxygen atoms in total. The summed E-state index contributed by atoms with van der Waals surface area (Å²) in [5, 5.41) is 11.0. The fourth-order valence-electron chi connectivity index (χ4n) is 5.43. The molecule has 0 aliphatic heterocycles. The van der Waals surface area contributed by atoms with Crippen LogP contribution in [0.4, 0.5) is 0 Å². The van der Waals surface area contributed by atoms with Crippen LogP contribution in [-0.4, -0.2) is 9.97 Å². The second-order valence-electron chi connectivity index (χ2n) is 12.3. The van der Waals surface area contributed by atoms with Crippen LogP contribution in [0, 0.1) is 49.4 Å². The largest absolute Gasteiger partial charge is 0.499 e. The van der Waals surface area contributed by atoms with Gasteiger partial charge < -0.3 is 14.4 Å². The van der Waals surface area contributed by atoms with Gasteiger partial charge in [-0.25, -0.2) is 0 Å². The van der Waals surface area contributed by atoms with Crippen molar-refractivity contribution < 1.29 is 38.2 Å². The molecular weight excluding hydrogens is 767 g/mol. The number of aromatic nitrogens is 2. The second-order valence-corrected chi connectivity index (χ2v) is 12.3. The number of nitrogens with zero attached hydrogens (tertiary/aromatic N) is 3. The molecule has 7 rings (SSSR count). The van der Waals surface area contributed by atoms with E-state index in [1.54, 1.807) is 48.5 Å². The van der Waals surface area contributed by atoms with E-state index in [1.807, 2.05) is 51.1 Å². The van der Waals surface area contributed by atoms with Crippen molar-refractivity contribution >= 4 is 21.9 Å². The first-order valence-corrected chi connectivity index (χ1v) is 15.0. The maximum atomic E-state index is 9.57. The van der Waals surface area contributed by atoms with Gasteiger partial charge in [0.2, 0.25) is 0 Å². The molecule has 241 valence electrons. The van der Waals surface area contributed by atoms with Crippen LogP contribution in [0.2, 0.25) is 0 Å². The first kappa shape index (κ1) is 23.4. The average Bonchev–Trinajstić information content (AvgIpc) is 3.53. The molecule has 5 heteroatoms. The van der Waals surface area contributed by atoms with Crippen molar-refractivity contribution in [3.63, 3.8) is 0 Å². The Bertz CT molecular complexity index is 2620. The first-order chi connectivity index (χ1) is 26.7. The van der Waals surface area contributed by atoms with Crippen molar-refractivity contribution in [1.82, 2.24) is 9.97 Å². The molecule has 0 aliphatic rings. The minimum Gasteiger partial charge on any atom is -0.499 e. The molecule has 1 radical (unpaired) electrons. The Kier molecular flexibility index (Phi) is 7.07. The molecule has 3 aromatic heterocycles. The Morgan fingerprint density at radius 3 is 2.35 bits per heavy atom. The van der Waals surface area contributed by atoms with Gasteiger partial charge in [0.25, 0.3) is 0 Å². The van der Waals surface area contributed by atoms with Crippen molar-refractivity contribution in [2.75, 3.05) is 0 Å². The average molecular weight is 814 g/mol. The summed E-state index contributed by atoms with van der Waals surface area (Å²) in [6.07, 6.45) is 3.15. The maximum Gasteiger partial charge on any atom is 0.138 e. The number of nitriles is 1. The zero-order valence-corrected chi connectivity index (χ0v) is 28.9. The molecule has 0 spiro atoms. The smallest absolute Gasteiger partial charge is 0.138 e. The van der Waals surface area contributed by atoms with Crippen molar-refractivity contribution in [2.45, 2.75) is 47.7 Å². The molecule has 0 aliphatic carbocycles. The summed E-state index contributed by atoms with van der Waals surface area (Å²) in [6, 6.07) is 32.4. The summed E-state index contributed by atoms with van der Waals surface area (Å²) in [5.74, 6) is 0. The number of rotatable bonds is 4. The maximum absolute atomic E-state index is 9.57. The quantitative estimate of drug-likeness (QED) is 0.166. The molecule has 4 aromatic carbocycles. The van der Waals surface area contributed by atoms with Gasteiger partial charge in [-0.05, 0) is 83.2 Å². The van der Waals surface area contributed by atoms with Gasteiger partial charge in [-0.3, -0.25) is 0 Å². The number of hydrogen-bond donors (Lipinski definition) is 0. The molecule has 0 fully saturated rings. The van der Waals surface area contributed by atoms with Crippen LogP contribution in [0.3, 0.4) is 0 Å². The zero-order valence-electron chi connectivity index (χ0n) is 36.5. The summed E-state index contributed by atoms with van der Waals surface area (Å²) in [4.78, 5) is 8.56. The number of benzene rings is 4. The Morgan fingerprint density at radius 1 is 0.812 bits per heavy atom. The molecule has 0 N–H and O–H groups in total. The number of pyridine rings is 2. The van der Waals surface area contributed by atoms with Crippen molar-refractivity contribution in [3.05, 3.63) is 143 Å². The van der Waals surface area contributed by atoms with E-state index < -0.39 is 20.6 Å². The van der Waals surface area contributed by atoms with E-state index in [-0.39, 0.29) is 59.4 Å². The molecule has 0 atom stereocenters. The standard InChI is InChI=1S/C31H27N2O.C12H10N.Ir/c1-19-14-21(16-31(3,4)5)12-13-23(19)27-15-28(33-18-20(27)2)26-11-7-10-25-24-9-6-8-22(17-32)29(24)34-30(25)26;1-10-7-8-12(13-9-10)11-5-3-2-4-6-11;/h6-10,12-15,18H,16H2,1-5H3;2-5,7-9H,1H3;/q2*-1;/i1D3,2D3,13D;1D3;. The predicted molar refractivity (Wildman–Crippen MR) is 192 cm³/mol. The van der Waals surface area contributed by atoms with E-state index in [0.717, 1.165) is 22.0 Å². The molecular formula is C43H37IrN3O-2. The number of aryl methyl sites for hydroxylation is 3. The monoisotopic (exact) mass is 814 g/mol. The van der Waals surface area contributed by atoms with E-state index in [0.29, 0.717) is 40.0 Å². The summed E-state index contributed by atoms with van der Waals surface area (Å²) in [5.41, 5.74) is 4.17. The van der Waals surface area contributed by atoms with Gasteiger partial charge in [0.05, 0.1) is 12.5 Å². The number of hydrogen-bond acceptors (Lipinski definition) is 4. The van der Waals surface area contributed by atoms with Gasteiger partial charge >= 0.3 is 0 Å². The summed E-state index contributed by atoms with van der Waals surface area (Å²) in [7, 11) is 0. The van der Waals surface area contributed by atoms with E-state index >= 15 is 0 Å². The Morgan fingerprint density at radius 2 is 1.65 bits per heavy atom. The van der Waals surface area contributed by atoms with E-state index in [1.165, 1.54) is 18.5 Å². The summed E-state index contributed by atoms with van der Waals surface area (Å²) >= 11 is 0. The SMILES string of the molecule is [2H]C([2H])([2H])c1ccc(-c2[c-]cccc2)nc1.[2H]c1cc(CC(C)(C)C)cc(C([2H])([2H])[2H])c1-c1cc(-c2[c-]ccc3c2oc2c(C#N)cccc23)ncc1C([2H])([2H])[2H].[Ir]. The predicted octanol–water partition coefficient (Wildman–Crippen LogP) is 11.0. The minimum atomic E-state index is -2.62. The fraction of sp³-hybridized carbons (Fsp3) is 0.186. The Balaban J connectivity index is 0.000000315. The molecule has 0 saturated carbocycles. The molecule has 3 heterocycles. The first-order valence-electron chi connectivity index (χ1n) is 20.0. The number of fused-ring (bicyclic) bond motifs is 3. The van der Waals surface area contributed by atoms with Crippen LogP contribution in [-0.2, 0) is 26.5 Å². The van der Waals surface area contributed by atoms with E-state index in [9.17, 15) is 5.26 Å². The van der Waals surface area contributed by atoms with Crippen molar-refractivity contribution in [1.29, 1.82) is 5.26 Å². The van der Waals surface area contributed by atoms with Crippen LogP contribution in [0.5, 0.6) is 0 Å². The van der Waals surface area contributed by atoms with E-state index in [4.69, 9.17) is 18.1 Å². The van der Waals surface area contributed by atoms with E-state index in [2.05, 4.69) is 28.2 Å². The van der Waals surface area contributed by atoms with Gasteiger partial charge in [0.1, 0.15) is 11.7 Å². The van der Waals surface area contributed by atoms with Crippen LogP contribution < -0.4 is 0 Å². The second kappa shape index (κ2) is 14.5. The van der Waals surface area contributed by atoms with Crippen molar-refractivity contribution in [3.8, 4) is 39.7 Å². The summed E-state index contributed by atoms with van der Waals surface area (Å²) < 4.78 is 86.1. The third-order valence-corrected chi connectivity index (χ3v) is 7.49. The zero-order chi connectivity index (χ0) is 41.5.